The quantitative estimate of drug-likeness (QED) is 0.690. The molecule has 1 aliphatic rings. The maximum absolute atomic E-state index is 5.78. The lowest BCUT2D eigenvalue weighted by Gasteiger charge is -1.94. The molecule has 0 aliphatic heterocycles. The number of aromatic nitrogens is 2. The Balaban J connectivity index is 2.44. The summed E-state index contributed by atoms with van der Waals surface area (Å²) in [5, 5.41) is 0. The zero-order chi connectivity index (χ0) is 8.84. The average Bonchev–Trinajstić information content (AvgIpc) is 2.65. The second-order valence-electron chi connectivity index (χ2n) is 3.29. The van der Waals surface area contributed by atoms with Gasteiger partial charge in [0, 0.05) is 4.88 Å². The van der Waals surface area contributed by atoms with Crippen molar-refractivity contribution in [2.24, 2.45) is 0 Å². The molecular formula is C9H9N3S. The Labute approximate surface area is 79.6 Å². The van der Waals surface area contributed by atoms with E-state index in [-0.39, 0.29) is 0 Å². The molecule has 13 heavy (non-hydrogen) atoms. The largest absolute Gasteiger partial charge is 0.382 e. The maximum atomic E-state index is 5.78. The van der Waals surface area contributed by atoms with Crippen molar-refractivity contribution in [2.75, 3.05) is 5.73 Å². The Bertz CT molecular complexity index is 475. The van der Waals surface area contributed by atoms with Gasteiger partial charge in [0.1, 0.15) is 12.1 Å². The molecule has 2 aromatic rings. The molecule has 66 valence electrons. The van der Waals surface area contributed by atoms with Crippen molar-refractivity contribution in [1.29, 1.82) is 0 Å². The van der Waals surface area contributed by atoms with Gasteiger partial charge >= 0.3 is 0 Å². The molecule has 0 unspecified atom stereocenters. The minimum Gasteiger partial charge on any atom is -0.382 e. The van der Waals surface area contributed by atoms with E-state index in [0.29, 0.717) is 5.82 Å². The van der Waals surface area contributed by atoms with Crippen LogP contribution in [0.5, 0.6) is 0 Å². The van der Waals surface area contributed by atoms with Gasteiger partial charge in [0.05, 0.1) is 10.2 Å². The molecule has 1 aliphatic carbocycles. The number of hydrogen-bond acceptors (Lipinski definition) is 4. The maximum Gasteiger partial charge on any atom is 0.144 e. The summed E-state index contributed by atoms with van der Waals surface area (Å²) in [4.78, 5) is 9.75. The lowest BCUT2D eigenvalue weighted by atomic mass is 10.2. The smallest absolute Gasteiger partial charge is 0.144 e. The molecule has 0 saturated heterocycles. The number of aryl methyl sites for hydroxylation is 2. The molecule has 2 aromatic heterocycles. The van der Waals surface area contributed by atoms with Crippen molar-refractivity contribution in [1.82, 2.24) is 9.97 Å². The summed E-state index contributed by atoms with van der Waals surface area (Å²) < 4.78 is 1.08. The van der Waals surface area contributed by atoms with Crippen molar-refractivity contribution in [3.05, 3.63) is 16.8 Å². The molecule has 0 radical (unpaired) electrons. The predicted octanol–water partition coefficient (Wildman–Crippen LogP) is 1.76. The number of fused-ring (bicyclic) bond motifs is 3. The summed E-state index contributed by atoms with van der Waals surface area (Å²) in [6, 6.07) is 0. The molecule has 0 amide bonds. The molecule has 0 spiro atoms. The van der Waals surface area contributed by atoms with E-state index in [0.717, 1.165) is 16.6 Å². The Morgan fingerprint density at radius 2 is 2.23 bits per heavy atom. The molecule has 2 heterocycles. The van der Waals surface area contributed by atoms with Crippen molar-refractivity contribution in [3.63, 3.8) is 0 Å². The summed E-state index contributed by atoms with van der Waals surface area (Å²) in [6.45, 7) is 0. The topological polar surface area (TPSA) is 51.8 Å². The van der Waals surface area contributed by atoms with Crippen LogP contribution >= 0.6 is 11.3 Å². The minimum absolute atomic E-state index is 0.629. The number of rotatable bonds is 0. The Kier molecular flexibility index (Phi) is 1.35. The van der Waals surface area contributed by atoms with E-state index in [9.17, 15) is 0 Å². The zero-order valence-corrected chi connectivity index (χ0v) is 7.90. The Hall–Kier alpha value is -1.16. The molecule has 4 heteroatoms. The Morgan fingerprint density at radius 1 is 1.31 bits per heavy atom. The number of nitrogens with zero attached hydrogens (tertiary/aromatic N) is 2. The third-order valence-corrected chi connectivity index (χ3v) is 3.81. The summed E-state index contributed by atoms with van der Waals surface area (Å²) in [5.41, 5.74) is 8.28. The van der Waals surface area contributed by atoms with Crippen LogP contribution in [0.15, 0.2) is 6.33 Å². The van der Waals surface area contributed by atoms with Gasteiger partial charge in [-0.05, 0) is 24.8 Å². The van der Waals surface area contributed by atoms with Crippen molar-refractivity contribution < 1.29 is 0 Å². The third kappa shape index (κ3) is 0.891. The lowest BCUT2D eigenvalue weighted by Crippen LogP contribution is -1.91. The second-order valence-corrected chi connectivity index (χ2v) is 4.40. The third-order valence-electron chi connectivity index (χ3n) is 2.51. The molecule has 0 saturated carbocycles. The Morgan fingerprint density at radius 3 is 3.15 bits per heavy atom. The van der Waals surface area contributed by atoms with Crippen LogP contribution in [-0.2, 0) is 12.8 Å². The highest BCUT2D eigenvalue weighted by atomic mass is 32.1. The second kappa shape index (κ2) is 2.42. The van der Waals surface area contributed by atoms with Gasteiger partial charge in [-0.2, -0.15) is 0 Å². The summed E-state index contributed by atoms with van der Waals surface area (Å²) in [7, 11) is 0. The molecule has 3 nitrogen and oxygen atoms in total. The van der Waals surface area contributed by atoms with Gasteiger partial charge in [-0.15, -0.1) is 11.3 Å². The van der Waals surface area contributed by atoms with Crippen LogP contribution in [0.1, 0.15) is 16.9 Å². The van der Waals surface area contributed by atoms with Crippen LogP contribution < -0.4 is 5.73 Å². The first kappa shape index (κ1) is 7.26. The van der Waals surface area contributed by atoms with Crippen LogP contribution in [0.4, 0.5) is 5.82 Å². The fourth-order valence-electron chi connectivity index (χ4n) is 1.91. The van der Waals surface area contributed by atoms with Gasteiger partial charge in [0.15, 0.2) is 0 Å². The van der Waals surface area contributed by atoms with E-state index in [4.69, 9.17) is 5.73 Å². The van der Waals surface area contributed by atoms with E-state index in [1.807, 2.05) is 0 Å². The summed E-state index contributed by atoms with van der Waals surface area (Å²) in [6.07, 6.45) is 5.17. The van der Waals surface area contributed by atoms with Crippen LogP contribution in [0, 0.1) is 0 Å². The summed E-state index contributed by atoms with van der Waals surface area (Å²) >= 11 is 1.76. The number of thiophene rings is 1. The number of nitrogens with two attached hydrogens (primary N) is 1. The minimum atomic E-state index is 0.629. The van der Waals surface area contributed by atoms with Crippen LogP contribution in [0.2, 0.25) is 0 Å². The SMILES string of the molecule is Nc1ncnc2c3c(sc12)CCC3. The highest BCUT2D eigenvalue weighted by molar-refractivity contribution is 7.19. The number of nitrogen functional groups attached to an aromatic ring is 1. The van der Waals surface area contributed by atoms with Gasteiger partial charge in [-0.3, -0.25) is 0 Å². The fourth-order valence-corrected chi connectivity index (χ4v) is 3.15. The van der Waals surface area contributed by atoms with Gasteiger partial charge in [0.2, 0.25) is 0 Å². The van der Waals surface area contributed by atoms with Crippen LogP contribution in [0.3, 0.4) is 0 Å². The normalized spacial score (nSPS) is 15.1. The highest BCUT2D eigenvalue weighted by Crippen LogP contribution is 2.37. The van der Waals surface area contributed by atoms with Gasteiger partial charge < -0.3 is 5.73 Å². The first-order valence-corrected chi connectivity index (χ1v) is 5.18. The monoisotopic (exact) mass is 191 g/mol. The highest BCUT2D eigenvalue weighted by Gasteiger charge is 2.19. The predicted molar refractivity (Wildman–Crippen MR) is 53.9 cm³/mol. The molecule has 0 aromatic carbocycles. The zero-order valence-electron chi connectivity index (χ0n) is 7.08. The van der Waals surface area contributed by atoms with Crippen LogP contribution in [0.25, 0.3) is 10.2 Å². The van der Waals surface area contributed by atoms with Crippen molar-refractivity contribution >= 4 is 27.4 Å². The van der Waals surface area contributed by atoms with E-state index < -0.39 is 0 Å². The summed E-state index contributed by atoms with van der Waals surface area (Å²) in [5.74, 6) is 0.629. The van der Waals surface area contributed by atoms with Gasteiger partial charge in [-0.1, -0.05) is 0 Å². The van der Waals surface area contributed by atoms with Gasteiger partial charge in [-0.25, -0.2) is 9.97 Å². The first-order valence-electron chi connectivity index (χ1n) is 4.37. The molecule has 3 rings (SSSR count). The molecule has 0 fully saturated rings. The first-order chi connectivity index (χ1) is 6.36. The van der Waals surface area contributed by atoms with E-state index >= 15 is 0 Å². The van der Waals surface area contributed by atoms with Crippen LogP contribution in [-0.4, -0.2) is 9.97 Å². The number of hydrogen-bond donors (Lipinski definition) is 1. The van der Waals surface area contributed by atoms with E-state index in [2.05, 4.69) is 9.97 Å². The van der Waals surface area contributed by atoms with E-state index in [1.54, 1.807) is 17.7 Å². The molecular weight excluding hydrogens is 182 g/mol. The molecule has 0 bridgehead atoms. The standard InChI is InChI=1S/C9H9N3S/c10-9-8-7(11-4-12-9)5-2-1-3-6(5)13-8/h4H,1-3H2,(H2,10,11,12). The van der Waals surface area contributed by atoms with Gasteiger partial charge in [0.25, 0.3) is 0 Å². The van der Waals surface area contributed by atoms with Crippen molar-refractivity contribution in [2.45, 2.75) is 19.3 Å². The van der Waals surface area contributed by atoms with Crippen molar-refractivity contribution in [3.8, 4) is 0 Å². The average molecular weight is 191 g/mol. The lowest BCUT2D eigenvalue weighted by molar-refractivity contribution is 0.916. The van der Waals surface area contributed by atoms with E-state index in [1.165, 1.54) is 23.3 Å². The fraction of sp³-hybridized carbons (Fsp3) is 0.333. The molecule has 0 atom stereocenters. The molecule has 2 N–H and O–H groups in total. The number of anilines is 1.